The summed E-state index contributed by atoms with van der Waals surface area (Å²) in [6.07, 6.45) is 0.556. The first-order chi connectivity index (χ1) is 19.5. The first-order valence-electron chi connectivity index (χ1n) is 13.3. The Balaban J connectivity index is 1.33. The summed E-state index contributed by atoms with van der Waals surface area (Å²) in [6.45, 7) is 4.19. The number of amides is 1. The van der Waals surface area contributed by atoms with Crippen LogP contribution in [-0.2, 0) is 11.2 Å². The van der Waals surface area contributed by atoms with Crippen molar-refractivity contribution < 1.29 is 9.18 Å². The van der Waals surface area contributed by atoms with E-state index in [0.717, 1.165) is 33.7 Å². The molecule has 9 heteroatoms. The van der Waals surface area contributed by atoms with Crippen LogP contribution in [0.2, 0.25) is 0 Å². The van der Waals surface area contributed by atoms with E-state index in [1.807, 2.05) is 60.4 Å². The fraction of sp³-hybridized carbons (Fsp3) is 0.226. The van der Waals surface area contributed by atoms with Crippen LogP contribution in [0, 0.1) is 12.7 Å². The number of aromatic nitrogens is 4. The second-order valence-electron chi connectivity index (χ2n) is 9.88. The van der Waals surface area contributed by atoms with Crippen LogP contribution in [0.1, 0.15) is 28.0 Å². The van der Waals surface area contributed by atoms with Crippen molar-refractivity contribution in [3.05, 3.63) is 113 Å². The lowest BCUT2D eigenvalue weighted by Crippen LogP contribution is -2.50. The number of nitrogens with zero attached hydrogens (tertiary/aromatic N) is 6. The van der Waals surface area contributed by atoms with Crippen LogP contribution in [-0.4, -0.2) is 56.7 Å². The van der Waals surface area contributed by atoms with Crippen LogP contribution < -0.4 is 4.90 Å². The van der Waals surface area contributed by atoms with Gasteiger partial charge in [0.25, 0.3) is 0 Å². The summed E-state index contributed by atoms with van der Waals surface area (Å²) in [5.74, 6) is 1.06. The van der Waals surface area contributed by atoms with Crippen LogP contribution in [0.15, 0.2) is 84.9 Å². The minimum atomic E-state index is -0.716. The van der Waals surface area contributed by atoms with Gasteiger partial charge in [-0.3, -0.25) is 4.79 Å². The summed E-state index contributed by atoms with van der Waals surface area (Å²) in [5, 5.41) is 4.91. The number of hydrogen-bond donors (Lipinski definition) is 0. The number of fused-ring (bicyclic) bond motifs is 1. The third-order valence-electron chi connectivity index (χ3n) is 7.21. The molecule has 1 aliphatic heterocycles. The summed E-state index contributed by atoms with van der Waals surface area (Å²) in [4.78, 5) is 27.1. The molecule has 1 unspecified atom stereocenters. The normalized spacial score (nSPS) is 14.5. The van der Waals surface area contributed by atoms with Gasteiger partial charge >= 0.3 is 0 Å². The first kappa shape index (κ1) is 26.0. The molecule has 1 fully saturated rings. The number of benzene rings is 3. The van der Waals surface area contributed by atoms with Crippen LogP contribution in [0.5, 0.6) is 0 Å². The first-order valence-corrected chi connectivity index (χ1v) is 13.7. The Labute approximate surface area is 236 Å². The number of carbonyl (C=O) groups is 1. The summed E-state index contributed by atoms with van der Waals surface area (Å²) < 4.78 is 15.4. The average Bonchev–Trinajstić information content (AvgIpc) is 3.33. The predicted molar refractivity (Wildman–Crippen MR) is 154 cm³/mol. The molecule has 202 valence electrons. The molecule has 1 aliphatic rings. The average molecular weight is 555 g/mol. The molecule has 40 heavy (non-hydrogen) atoms. The second kappa shape index (κ2) is 11.1. The minimum absolute atomic E-state index is 0.0922. The van der Waals surface area contributed by atoms with Gasteiger partial charge in [0.1, 0.15) is 22.8 Å². The molecule has 6 rings (SSSR count). The van der Waals surface area contributed by atoms with E-state index in [2.05, 4.69) is 17.0 Å². The van der Waals surface area contributed by atoms with Gasteiger partial charge in [0.2, 0.25) is 5.91 Å². The van der Waals surface area contributed by atoms with E-state index in [-0.39, 0.29) is 11.7 Å². The maximum absolute atomic E-state index is 13.7. The molecule has 1 atom stereocenters. The molecular weight excluding hydrogens is 527 g/mol. The van der Waals surface area contributed by atoms with E-state index < -0.39 is 5.38 Å². The molecule has 1 saturated heterocycles. The van der Waals surface area contributed by atoms with E-state index in [9.17, 15) is 9.18 Å². The maximum atomic E-state index is 13.7. The minimum Gasteiger partial charge on any atom is -0.352 e. The lowest BCUT2D eigenvalue weighted by atomic mass is 10.1. The zero-order chi connectivity index (χ0) is 27.6. The highest BCUT2D eigenvalue weighted by Crippen LogP contribution is 2.31. The largest absolute Gasteiger partial charge is 0.352 e. The molecule has 1 amide bonds. The number of carbonyl (C=O) groups excluding carboxylic acids is 1. The van der Waals surface area contributed by atoms with Crippen LogP contribution in [0.25, 0.3) is 16.7 Å². The Morgan fingerprint density at radius 1 is 0.900 bits per heavy atom. The zero-order valence-corrected chi connectivity index (χ0v) is 22.8. The second-order valence-corrected chi connectivity index (χ2v) is 10.3. The van der Waals surface area contributed by atoms with Gasteiger partial charge in [0, 0.05) is 32.6 Å². The van der Waals surface area contributed by atoms with Gasteiger partial charge in [-0.15, -0.1) is 11.6 Å². The number of piperazine rings is 1. The number of rotatable bonds is 6. The molecule has 0 spiro atoms. The Kier molecular flexibility index (Phi) is 7.17. The van der Waals surface area contributed by atoms with Gasteiger partial charge in [-0.2, -0.15) is 5.10 Å². The maximum Gasteiger partial charge on any atom is 0.245 e. The molecule has 0 aliphatic carbocycles. The Morgan fingerprint density at radius 2 is 1.55 bits per heavy atom. The topological polar surface area (TPSA) is 67.2 Å². The summed E-state index contributed by atoms with van der Waals surface area (Å²) in [5.41, 5.74) is 4.07. The highest BCUT2D eigenvalue weighted by atomic mass is 35.5. The van der Waals surface area contributed by atoms with E-state index in [1.54, 1.807) is 16.8 Å². The number of alkyl halides is 1. The monoisotopic (exact) mass is 554 g/mol. The fourth-order valence-electron chi connectivity index (χ4n) is 5.12. The molecule has 2 aromatic heterocycles. The van der Waals surface area contributed by atoms with Crippen molar-refractivity contribution in [3.8, 4) is 5.69 Å². The number of aryl methyl sites for hydroxylation is 1. The van der Waals surface area contributed by atoms with Crippen molar-refractivity contribution in [1.82, 2.24) is 24.6 Å². The van der Waals surface area contributed by atoms with E-state index in [0.29, 0.717) is 44.1 Å². The highest BCUT2D eigenvalue weighted by Gasteiger charge is 2.29. The fourth-order valence-corrected chi connectivity index (χ4v) is 5.40. The van der Waals surface area contributed by atoms with Crippen LogP contribution in [0.4, 0.5) is 10.2 Å². The predicted octanol–water partition coefficient (Wildman–Crippen LogP) is 5.48. The molecule has 0 bridgehead atoms. The van der Waals surface area contributed by atoms with Crippen molar-refractivity contribution in [1.29, 1.82) is 0 Å². The molecule has 3 aromatic carbocycles. The lowest BCUT2D eigenvalue weighted by molar-refractivity contribution is -0.131. The number of halogens is 2. The molecular formula is C31H28ClFN6O. The van der Waals surface area contributed by atoms with Crippen molar-refractivity contribution in [2.45, 2.75) is 18.7 Å². The Hall–Kier alpha value is -4.30. The van der Waals surface area contributed by atoms with E-state index in [4.69, 9.17) is 26.7 Å². The number of anilines is 1. The zero-order valence-electron chi connectivity index (χ0n) is 22.0. The standard InChI is InChI=1S/C31H28ClFN6O/c1-21-27-29(37-16-18-38(19-17-37)31(40)28(32)23-10-6-3-7-11-23)34-26(20-22-8-4-2-5-9-22)35-30(27)39(36-21)25-14-12-24(33)13-15-25/h2-15,28H,16-20H2,1H3. The van der Waals surface area contributed by atoms with E-state index >= 15 is 0 Å². The molecule has 3 heterocycles. The molecule has 7 nitrogen and oxygen atoms in total. The van der Waals surface area contributed by atoms with Crippen molar-refractivity contribution in [3.63, 3.8) is 0 Å². The van der Waals surface area contributed by atoms with Crippen LogP contribution >= 0.6 is 11.6 Å². The Morgan fingerprint density at radius 3 is 2.23 bits per heavy atom. The summed E-state index contributed by atoms with van der Waals surface area (Å²) in [7, 11) is 0. The van der Waals surface area contributed by atoms with Crippen LogP contribution in [0.3, 0.4) is 0 Å². The molecule has 5 aromatic rings. The van der Waals surface area contributed by atoms with Gasteiger partial charge in [-0.25, -0.2) is 19.0 Å². The van der Waals surface area contributed by atoms with Crippen molar-refractivity contribution >= 4 is 34.4 Å². The molecule has 0 N–H and O–H groups in total. The Bertz CT molecular complexity index is 1630. The third-order valence-corrected chi connectivity index (χ3v) is 7.64. The smallest absolute Gasteiger partial charge is 0.245 e. The summed E-state index contributed by atoms with van der Waals surface area (Å²) >= 11 is 6.55. The van der Waals surface area contributed by atoms with Gasteiger partial charge in [-0.05, 0) is 42.3 Å². The van der Waals surface area contributed by atoms with Gasteiger partial charge in [0.15, 0.2) is 5.65 Å². The molecule has 0 radical (unpaired) electrons. The van der Waals surface area contributed by atoms with Gasteiger partial charge in [-0.1, -0.05) is 60.7 Å². The van der Waals surface area contributed by atoms with Gasteiger partial charge < -0.3 is 9.80 Å². The lowest BCUT2D eigenvalue weighted by Gasteiger charge is -2.36. The number of hydrogen-bond acceptors (Lipinski definition) is 5. The highest BCUT2D eigenvalue weighted by molar-refractivity contribution is 6.30. The molecule has 0 saturated carbocycles. The van der Waals surface area contributed by atoms with Crippen molar-refractivity contribution in [2.24, 2.45) is 0 Å². The quantitative estimate of drug-likeness (QED) is 0.260. The van der Waals surface area contributed by atoms with E-state index in [1.165, 1.54) is 12.1 Å². The third kappa shape index (κ3) is 5.14. The summed E-state index contributed by atoms with van der Waals surface area (Å²) in [6, 6.07) is 25.7. The SMILES string of the molecule is Cc1nn(-c2ccc(F)cc2)c2nc(Cc3ccccc3)nc(N3CCN(C(=O)C(Cl)c4ccccc4)CC3)c12. The van der Waals surface area contributed by atoms with Crippen molar-refractivity contribution in [2.75, 3.05) is 31.1 Å². The van der Waals surface area contributed by atoms with Gasteiger partial charge in [0.05, 0.1) is 16.8 Å².